The van der Waals surface area contributed by atoms with Gasteiger partial charge in [-0.2, -0.15) is 0 Å². The normalized spacial score (nSPS) is 23.6. The van der Waals surface area contributed by atoms with Crippen molar-refractivity contribution in [1.82, 2.24) is 4.90 Å². The van der Waals surface area contributed by atoms with Crippen LogP contribution in [0.15, 0.2) is 30.4 Å². The van der Waals surface area contributed by atoms with Crippen molar-refractivity contribution in [3.05, 3.63) is 41.5 Å². The van der Waals surface area contributed by atoms with Gasteiger partial charge in [0.15, 0.2) is 0 Å². The van der Waals surface area contributed by atoms with Crippen LogP contribution in [-0.2, 0) is 9.59 Å². The maximum absolute atomic E-state index is 12.8. The summed E-state index contributed by atoms with van der Waals surface area (Å²) in [5.41, 5.74) is 3.79. The van der Waals surface area contributed by atoms with E-state index in [0.29, 0.717) is 25.9 Å². The topological polar surface area (TPSA) is 60.9 Å². The molecule has 1 amide bonds. The first-order valence-electron chi connectivity index (χ1n) is 8.97. The summed E-state index contributed by atoms with van der Waals surface area (Å²) >= 11 is 0. The Hall–Kier alpha value is -2.30. The molecule has 1 N–H and O–H groups in total. The Morgan fingerprint density at radius 3 is 2.28 bits per heavy atom. The number of carbonyl (C=O) groups excluding carboxylic acids is 1. The van der Waals surface area contributed by atoms with Crippen LogP contribution in [0.4, 0.5) is 5.69 Å². The molecule has 0 saturated carbocycles. The zero-order valence-electron chi connectivity index (χ0n) is 14.9. The SMILES string of the molecule is Cc1cccc(N2CCN(C(=O)[C@@H]3CC=CC[C@H]3C(=O)O)CC2)c1C. The lowest BCUT2D eigenvalue weighted by atomic mass is 9.82. The van der Waals surface area contributed by atoms with Crippen molar-refractivity contribution in [3.63, 3.8) is 0 Å². The van der Waals surface area contributed by atoms with Crippen LogP contribution in [0.3, 0.4) is 0 Å². The second kappa shape index (κ2) is 7.30. The molecule has 1 saturated heterocycles. The second-order valence-electron chi connectivity index (χ2n) is 7.03. The van der Waals surface area contributed by atoms with Gasteiger partial charge in [-0.05, 0) is 43.9 Å². The van der Waals surface area contributed by atoms with Gasteiger partial charge in [0.25, 0.3) is 0 Å². The predicted octanol–water partition coefficient (Wildman–Crippen LogP) is 2.62. The summed E-state index contributed by atoms with van der Waals surface area (Å²) < 4.78 is 0. The summed E-state index contributed by atoms with van der Waals surface area (Å²) in [6, 6.07) is 6.31. The largest absolute Gasteiger partial charge is 0.481 e. The van der Waals surface area contributed by atoms with Crippen molar-refractivity contribution in [2.75, 3.05) is 31.1 Å². The number of carbonyl (C=O) groups is 2. The van der Waals surface area contributed by atoms with E-state index in [1.165, 1.54) is 16.8 Å². The molecule has 0 aromatic heterocycles. The van der Waals surface area contributed by atoms with E-state index in [0.717, 1.165) is 13.1 Å². The van der Waals surface area contributed by atoms with E-state index in [1.807, 2.05) is 17.1 Å². The average Bonchev–Trinajstić information content (AvgIpc) is 2.63. The standard InChI is InChI=1S/C20H26N2O3/c1-14-6-5-9-18(15(14)2)21-10-12-22(13-11-21)19(23)16-7-3-4-8-17(16)20(24)25/h3-6,9,16-17H,7-8,10-13H2,1-2H3,(H,24,25)/t16-,17-/m1/s1. The molecule has 25 heavy (non-hydrogen) atoms. The number of hydrogen-bond acceptors (Lipinski definition) is 3. The third-order valence-corrected chi connectivity index (χ3v) is 5.57. The van der Waals surface area contributed by atoms with E-state index >= 15 is 0 Å². The molecule has 0 radical (unpaired) electrons. The van der Waals surface area contributed by atoms with Gasteiger partial charge in [0.2, 0.25) is 5.91 Å². The minimum atomic E-state index is -0.864. The third kappa shape index (κ3) is 3.55. The number of benzene rings is 1. The molecule has 0 bridgehead atoms. The zero-order valence-corrected chi connectivity index (χ0v) is 14.9. The van der Waals surface area contributed by atoms with Crippen LogP contribution < -0.4 is 4.90 Å². The van der Waals surface area contributed by atoms with Crippen LogP contribution in [-0.4, -0.2) is 48.1 Å². The number of hydrogen-bond donors (Lipinski definition) is 1. The van der Waals surface area contributed by atoms with E-state index in [9.17, 15) is 14.7 Å². The quantitative estimate of drug-likeness (QED) is 0.858. The number of piperazine rings is 1. The lowest BCUT2D eigenvalue weighted by molar-refractivity contribution is -0.150. The Balaban J connectivity index is 1.65. The Labute approximate surface area is 148 Å². The van der Waals surface area contributed by atoms with Crippen LogP contribution in [0.1, 0.15) is 24.0 Å². The lowest BCUT2D eigenvalue weighted by Gasteiger charge is -2.39. The van der Waals surface area contributed by atoms with Crippen molar-refractivity contribution in [1.29, 1.82) is 0 Å². The molecule has 1 heterocycles. The number of rotatable bonds is 3. The predicted molar refractivity (Wildman–Crippen MR) is 97.7 cm³/mol. The highest BCUT2D eigenvalue weighted by molar-refractivity contribution is 5.85. The number of nitrogens with zero attached hydrogens (tertiary/aromatic N) is 2. The Morgan fingerprint density at radius 1 is 1.00 bits per heavy atom. The first-order valence-corrected chi connectivity index (χ1v) is 8.97. The zero-order chi connectivity index (χ0) is 18.0. The van der Waals surface area contributed by atoms with Gasteiger partial charge in [0.1, 0.15) is 0 Å². The third-order valence-electron chi connectivity index (χ3n) is 5.57. The maximum atomic E-state index is 12.8. The number of aliphatic carboxylic acids is 1. The Kier molecular flexibility index (Phi) is 5.11. The Morgan fingerprint density at radius 2 is 1.64 bits per heavy atom. The lowest BCUT2D eigenvalue weighted by Crippen LogP contribution is -2.52. The highest BCUT2D eigenvalue weighted by atomic mass is 16.4. The Bertz CT molecular complexity index is 690. The monoisotopic (exact) mass is 342 g/mol. The van der Waals surface area contributed by atoms with E-state index in [2.05, 4.69) is 36.9 Å². The van der Waals surface area contributed by atoms with Gasteiger partial charge in [-0.15, -0.1) is 0 Å². The van der Waals surface area contributed by atoms with Gasteiger partial charge >= 0.3 is 5.97 Å². The fourth-order valence-corrected chi connectivity index (χ4v) is 3.84. The van der Waals surface area contributed by atoms with Gasteiger partial charge in [-0.3, -0.25) is 9.59 Å². The van der Waals surface area contributed by atoms with Crippen molar-refractivity contribution >= 4 is 17.6 Å². The summed E-state index contributed by atoms with van der Waals surface area (Å²) in [6.45, 7) is 7.12. The molecule has 1 aromatic carbocycles. The number of allylic oxidation sites excluding steroid dienone is 2. The molecular formula is C20H26N2O3. The van der Waals surface area contributed by atoms with Crippen LogP contribution in [0.25, 0.3) is 0 Å². The number of anilines is 1. The summed E-state index contributed by atoms with van der Waals surface area (Å²) in [7, 11) is 0. The van der Waals surface area contributed by atoms with Crippen LogP contribution >= 0.6 is 0 Å². The molecule has 0 unspecified atom stereocenters. The van der Waals surface area contributed by atoms with Crippen LogP contribution in [0.2, 0.25) is 0 Å². The number of aryl methyl sites for hydroxylation is 1. The van der Waals surface area contributed by atoms with Crippen LogP contribution in [0, 0.1) is 25.7 Å². The molecule has 1 aliphatic heterocycles. The average molecular weight is 342 g/mol. The first kappa shape index (κ1) is 17.5. The fourth-order valence-electron chi connectivity index (χ4n) is 3.84. The fraction of sp³-hybridized carbons (Fsp3) is 0.500. The summed E-state index contributed by atoms with van der Waals surface area (Å²) in [4.78, 5) is 28.5. The van der Waals surface area contributed by atoms with Crippen molar-refractivity contribution in [3.8, 4) is 0 Å². The molecular weight excluding hydrogens is 316 g/mol. The van der Waals surface area contributed by atoms with Crippen LogP contribution in [0.5, 0.6) is 0 Å². The molecule has 2 atom stereocenters. The van der Waals surface area contributed by atoms with E-state index in [-0.39, 0.29) is 5.91 Å². The maximum Gasteiger partial charge on any atom is 0.307 e. The van der Waals surface area contributed by atoms with Crippen molar-refractivity contribution in [2.45, 2.75) is 26.7 Å². The molecule has 5 heteroatoms. The van der Waals surface area contributed by atoms with Gasteiger partial charge in [-0.25, -0.2) is 0 Å². The molecule has 134 valence electrons. The van der Waals surface area contributed by atoms with Gasteiger partial charge < -0.3 is 14.9 Å². The molecule has 1 fully saturated rings. The highest BCUT2D eigenvalue weighted by Crippen LogP contribution is 2.29. The number of carboxylic acid groups (broad SMARTS) is 1. The van der Waals surface area contributed by atoms with E-state index in [1.54, 1.807) is 0 Å². The molecule has 0 spiro atoms. The van der Waals surface area contributed by atoms with E-state index < -0.39 is 17.8 Å². The molecule has 2 aliphatic rings. The smallest absolute Gasteiger partial charge is 0.307 e. The van der Waals surface area contributed by atoms with Crippen molar-refractivity contribution < 1.29 is 14.7 Å². The first-order chi connectivity index (χ1) is 12.0. The van der Waals surface area contributed by atoms with Gasteiger partial charge in [0, 0.05) is 31.9 Å². The second-order valence-corrected chi connectivity index (χ2v) is 7.03. The van der Waals surface area contributed by atoms with Crippen molar-refractivity contribution in [2.24, 2.45) is 11.8 Å². The number of carboxylic acids is 1. The molecule has 3 rings (SSSR count). The molecule has 5 nitrogen and oxygen atoms in total. The summed E-state index contributed by atoms with van der Waals surface area (Å²) in [5.74, 6) is -1.88. The van der Waals surface area contributed by atoms with Gasteiger partial charge in [0.05, 0.1) is 11.8 Å². The van der Waals surface area contributed by atoms with Gasteiger partial charge in [-0.1, -0.05) is 24.3 Å². The minimum absolute atomic E-state index is 0.00244. The molecule has 1 aliphatic carbocycles. The van der Waals surface area contributed by atoms with E-state index in [4.69, 9.17) is 0 Å². The minimum Gasteiger partial charge on any atom is -0.481 e. The number of amides is 1. The molecule has 1 aromatic rings. The highest BCUT2D eigenvalue weighted by Gasteiger charge is 2.37. The summed E-state index contributed by atoms with van der Waals surface area (Å²) in [6.07, 6.45) is 4.80. The summed E-state index contributed by atoms with van der Waals surface area (Å²) in [5, 5.41) is 9.39.